The number of hydrogen-bond donors (Lipinski definition) is 1. The highest BCUT2D eigenvalue weighted by Crippen LogP contribution is 2.20. The largest absolute Gasteiger partial charge is 0.309 e. The van der Waals surface area contributed by atoms with Crippen molar-refractivity contribution >= 4 is 27.3 Å². The molecule has 5 heteroatoms. The zero-order valence-corrected chi connectivity index (χ0v) is 13.2. The first-order chi connectivity index (χ1) is 9.81. The van der Waals surface area contributed by atoms with E-state index < -0.39 is 0 Å². The molecular formula is C15H14BrN3S. The Labute approximate surface area is 130 Å². The zero-order valence-electron chi connectivity index (χ0n) is 10.8. The molecule has 2 aromatic heterocycles. The van der Waals surface area contributed by atoms with Gasteiger partial charge in [0, 0.05) is 31.2 Å². The summed E-state index contributed by atoms with van der Waals surface area (Å²) in [6.07, 6.45) is 5.54. The number of nitrogens with one attached hydrogen (secondary N) is 1. The second-order valence-electron chi connectivity index (χ2n) is 4.50. The normalized spacial score (nSPS) is 10.8. The van der Waals surface area contributed by atoms with Gasteiger partial charge in [-0.2, -0.15) is 0 Å². The van der Waals surface area contributed by atoms with Crippen LogP contribution in [-0.4, -0.2) is 9.55 Å². The number of hydrogen-bond acceptors (Lipinski definition) is 3. The molecule has 0 aliphatic rings. The molecule has 0 atom stereocenters. The van der Waals surface area contributed by atoms with Crippen LogP contribution in [0, 0.1) is 0 Å². The molecule has 0 aliphatic carbocycles. The number of thiophene rings is 1. The summed E-state index contributed by atoms with van der Waals surface area (Å²) in [6.45, 7) is 1.77. The molecule has 0 bridgehead atoms. The third kappa shape index (κ3) is 3.36. The lowest BCUT2D eigenvalue weighted by Crippen LogP contribution is -2.12. The van der Waals surface area contributed by atoms with E-state index >= 15 is 0 Å². The number of halogens is 1. The van der Waals surface area contributed by atoms with Crippen molar-refractivity contribution in [3.05, 3.63) is 69.3 Å². The Bertz CT molecular complexity index is 659. The van der Waals surface area contributed by atoms with E-state index in [4.69, 9.17) is 0 Å². The van der Waals surface area contributed by atoms with Gasteiger partial charge in [-0.3, -0.25) is 0 Å². The van der Waals surface area contributed by atoms with Gasteiger partial charge in [-0.1, -0.05) is 12.1 Å². The van der Waals surface area contributed by atoms with Crippen molar-refractivity contribution in [1.29, 1.82) is 0 Å². The molecule has 20 heavy (non-hydrogen) atoms. The first-order valence-electron chi connectivity index (χ1n) is 6.32. The van der Waals surface area contributed by atoms with Crippen molar-refractivity contribution in [2.24, 2.45) is 0 Å². The van der Waals surface area contributed by atoms with Crippen molar-refractivity contribution in [2.75, 3.05) is 0 Å². The molecular weight excluding hydrogens is 334 g/mol. The van der Waals surface area contributed by atoms with Crippen LogP contribution >= 0.6 is 27.3 Å². The van der Waals surface area contributed by atoms with Gasteiger partial charge in [-0.15, -0.1) is 11.3 Å². The molecule has 2 heterocycles. The van der Waals surface area contributed by atoms with Crippen LogP contribution < -0.4 is 5.32 Å². The van der Waals surface area contributed by atoms with E-state index in [2.05, 4.69) is 61.9 Å². The van der Waals surface area contributed by atoms with Crippen LogP contribution in [0.2, 0.25) is 0 Å². The number of nitrogens with zero attached hydrogens (tertiary/aromatic N) is 2. The van der Waals surface area contributed by atoms with E-state index in [-0.39, 0.29) is 0 Å². The van der Waals surface area contributed by atoms with E-state index in [1.165, 1.54) is 14.9 Å². The Morgan fingerprint density at radius 3 is 2.60 bits per heavy atom. The molecule has 3 aromatic rings. The molecule has 3 rings (SSSR count). The fourth-order valence-electron chi connectivity index (χ4n) is 1.99. The highest BCUT2D eigenvalue weighted by atomic mass is 79.9. The van der Waals surface area contributed by atoms with Gasteiger partial charge in [-0.05, 0) is 50.6 Å². The van der Waals surface area contributed by atoms with Crippen LogP contribution in [0.3, 0.4) is 0 Å². The van der Waals surface area contributed by atoms with Crippen LogP contribution in [0.1, 0.15) is 11.1 Å². The Morgan fingerprint density at radius 2 is 1.95 bits per heavy atom. The van der Waals surface area contributed by atoms with Crippen LogP contribution in [-0.2, 0) is 13.1 Å². The Kier molecular flexibility index (Phi) is 4.30. The molecule has 1 aromatic carbocycles. The molecule has 0 saturated heterocycles. The summed E-state index contributed by atoms with van der Waals surface area (Å²) < 4.78 is 3.18. The van der Waals surface area contributed by atoms with E-state index in [1.807, 2.05) is 17.1 Å². The Balaban J connectivity index is 1.56. The molecule has 102 valence electrons. The summed E-state index contributed by atoms with van der Waals surface area (Å²) in [5, 5.41) is 5.62. The molecule has 1 N–H and O–H groups in total. The van der Waals surface area contributed by atoms with E-state index in [1.54, 1.807) is 17.5 Å². The van der Waals surface area contributed by atoms with Crippen LogP contribution in [0.15, 0.2) is 58.2 Å². The summed E-state index contributed by atoms with van der Waals surface area (Å²) in [4.78, 5) is 4.05. The fraction of sp³-hybridized carbons (Fsp3) is 0.133. The van der Waals surface area contributed by atoms with Gasteiger partial charge in [0.05, 0.1) is 10.1 Å². The lowest BCUT2D eigenvalue weighted by atomic mass is 10.2. The van der Waals surface area contributed by atoms with Gasteiger partial charge in [0.2, 0.25) is 0 Å². The molecule has 0 spiro atoms. The van der Waals surface area contributed by atoms with E-state index in [0.29, 0.717) is 0 Å². The lowest BCUT2D eigenvalue weighted by Gasteiger charge is -2.06. The molecule has 0 fully saturated rings. The Morgan fingerprint density at radius 1 is 1.15 bits per heavy atom. The van der Waals surface area contributed by atoms with E-state index in [9.17, 15) is 0 Å². The fourth-order valence-corrected chi connectivity index (χ4v) is 3.20. The summed E-state index contributed by atoms with van der Waals surface area (Å²) in [6, 6.07) is 10.7. The smallest absolute Gasteiger partial charge is 0.0991 e. The van der Waals surface area contributed by atoms with Crippen LogP contribution in [0.5, 0.6) is 0 Å². The number of rotatable bonds is 5. The maximum Gasteiger partial charge on any atom is 0.0991 e. The number of aromatic nitrogens is 2. The molecule has 0 unspecified atom stereocenters. The number of imidazole rings is 1. The highest BCUT2D eigenvalue weighted by molar-refractivity contribution is 9.11. The van der Waals surface area contributed by atoms with Gasteiger partial charge in [0.15, 0.2) is 0 Å². The molecule has 3 nitrogen and oxygen atoms in total. The minimum atomic E-state index is 0.873. The third-order valence-corrected chi connectivity index (χ3v) is 4.57. The van der Waals surface area contributed by atoms with Crippen LogP contribution in [0.4, 0.5) is 0 Å². The number of benzene rings is 1. The van der Waals surface area contributed by atoms with E-state index in [0.717, 1.165) is 18.8 Å². The SMILES string of the molecule is Brc1cc(CNCc2ccc(-n3ccnc3)cc2)cs1. The first-order valence-corrected chi connectivity index (χ1v) is 7.99. The molecule has 0 saturated carbocycles. The summed E-state index contributed by atoms with van der Waals surface area (Å²) >= 11 is 5.20. The van der Waals surface area contributed by atoms with Gasteiger partial charge in [0.1, 0.15) is 0 Å². The average Bonchev–Trinajstić information content (AvgIpc) is 3.11. The van der Waals surface area contributed by atoms with Crippen LogP contribution in [0.25, 0.3) is 5.69 Å². The first kappa shape index (κ1) is 13.5. The van der Waals surface area contributed by atoms with Crippen molar-refractivity contribution in [2.45, 2.75) is 13.1 Å². The monoisotopic (exact) mass is 347 g/mol. The standard InChI is InChI=1S/C15H14BrN3S/c16-15-7-13(10-20-15)9-18-8-12-1-3-14(4-2-12)19-6-5-17-11-19/h1-7,10-11,18H,8-9H2. The van der Waals surface area contributed by atoms with Gasteiger partial charge in [0.25, 0.3) is 0 Å². The van der Waals surface area contributed by atoms with Crippen molar-refractivity contribution < 1.29 is 0 Å². The minimum absolute atomic E-state index is 0.873. The maximum absolute atomic E-state index is 4.05. The van der Waals surface area contributed by atoms with Crippen molar-refractivity contribution in [3.63, 3.8) is 0 Å². The van der Waals surface area contributed by atoms with Crippen molar-refractivity contribution in [1.82, 2.24) is 14.9 Å². The molecule has 0 aliphatic heterocycles. The second kappa shape index (κ2) is 6.35. The molecule has 0 radical (unpaired) electrons. The second-order valence-corrected chi connectivity index (χ2v) is 6.79. The van der Waals surface area contributed by atoms with Crippen molar-refractivity contribution in [3.8, 4) is 5.69 Å². The topological polar surface area (TPSA) is 29.9 Å². The molecule has 0 amide bonds. The predicted molar refractivity (Wildman–Crippen MR) is 86.1 cm³/mol. The third-order valence-electron chi connectivity index (χ3n) is 3.02. The quantitative estimate of drug-likeness (QED) is 0.756. The summed E-state index contributed by atoms with van der Waals surface area (Å²) in [5.74, 6) is 0. The predicted octanol–water partition coefficient (Wildman–Crippen LogP) is 3.99. The van der Waals surface area contributed by atoms with Gasteiger partial charge < -0.3 is 9.88 Å². The maximum atomic E-state index is 4.05. The van der Waals surface area contributed by atoms with Gasteiger partial charge >= 0.3 is 0 Å². The summed E-state index contributed by atoms with van der Waals surface area (Å²) in [5.41, 5.74) is 3.73. The average molecular weight is 348 g/mol. The van der Waals surface area contributed by atoms with Gasteiger partial charge in [-0.25, -0.2) is 4.98 Å². The highest BCUT2D eigenvalue weighted by Gasteiger charge is 1.99. The lowest BCUT2D eigenvalue weighted by molar-refractivity contribution is 0.695. The summed E-state index contributed by atoms with van der Waals surface area (Å²) in [7, 11) is 0. The minimum Gasteiger partial charge on any atom is -0.309 e. The zero-order chi connectivity index (χ0) is 13.8. The Hall–Kier alpha value is -1.43.